The van der Waals surface area contributed by atoms with Gasteiger partial charge in [-0.05, 0) is 40.8 Å². The lowest BCUT2D eigenvalue weighted by Crippen LogP contribution is -2.14. The lowest BCUT2D eigenvalue weighted by atomic mass is 9.98. The summed E-state index contributed by atoms with van der Waals surface area (Å²) in [6.45, 7) is 0. The van der Waals surface area contributed by atoms with Gasteiger partial charge in [-0.25, -0.2) is 9.18 Å². The summed E-state index contributed by atoms with van der Waals surface area (Å²) in [4.78, 5) is 14.6. The Labute approximate surface area is 135 Å². The fourth-order valence-corrected chi connectivity index (χ4v) is 2.70. The standard InChI is InChI=1S/C13H7F4IN2O2/c14-5-1-2-8(20-4-5)9-7(13(15,16)17)3-6(12(21)22)11(19)10(9)18/h1-4H,19H2,(H,21,22). The first-order chi connectivity index (χ1) is 10.1. The maximum atomic E-state index is 13.2. The number of halogens is 5. The summed E-state index contributed by atoms with van der Waals surface area (Å²) >= 11 is 1.52. The van der Waals surface area contributed by atoms with Crippen molar-refractivity contribution in [3.8, 4) is 11.3 Å². The average Bonchev–Trinajstić information content (AvgIpc) is 2.41. The van der Waals surface area contributed by atoms with Crippen LogP contribution in [0.15, 0.2) is 24.4 Å². The fourth-order valence-electron chi connectivity index (χ4n) is 1.84. The van der Waals surface area contributed by atoms with Gasteiger partial charge in [-0.15, -0.1) is 0 Å². The van der Waals surface area contributed by atoms with Crippen molar-refractivity contribution in [2.45, 2.75) is 6.18 Å². The molecule has 0 atom stereocenters. The zero-order valence-corrected chi connectivity index (χ0v) is 12.7. The molecule has 2 rings (SSSR count). The highest BCUT2D eigenvalue weighted by Gasteiger charge is 2.37. The van der Waals surface area contributed by atoms with Crippen LogP contribution in [0.4, 0.5) is 23.2 Å². The van der Waals surface area contributed by atoms with Gasteiger partial charge in [-0.3, -0.25) is 4.98 Å². The minimum absolute atomic E-state index is 0.107. The number of benzene rings is 1. The monoisotopic (exact) mass is 426 g/mol. The van der Waals surface area contributed by atoms with E-state index < -0.39 is 29.1 Å². The van der Waals surface area contributed by atoms with Gasteiger partial charge in [-0.2, -0.15) is 13.2 Å². The summed E-state index contributed by atoms with van der Waals surface area (Å²) in [6, 6.07) is 2.49. The Bertz CT molecular complexity index is 745. The van der Waals surface area contributed by atoms with Crippen LogP contribution in [0.5, 0.6) is 0 Å². The number of carboxylic acids is 1. The largest absolute Gasteiger partial charge is 0.478 e. The van der Waals surface area contributed by atoms with Gasteiger partial charge in [0.05, 0.1) is 28.7 Å². The van der Waals surface area contributed by atoms with Gasteiger partial charge >= 0.3 is 12.1 Å². The number of aromatic carboxylic acids is 1. The summed E-state index contributed by atoms with van der Waals surface area (Å²) in [7, 11) is 0. The van der Waals surface area contributed by atoms with Gasteiger partial charge < -0.3 is 10.8 Å². The Balaban J connectivity index is 2.85. The normalized spacial score (nSPS) is 11.5. The van der Waals surface area contributed by atoms with Gasteiger partial charge in [-0.1, -0.05) is 0 Å². The molecule has 116 valence electrons. The second kappa shape index (κ2) is 5.71. The molecule has 3 N–H and O–H groups in total. The summed E-state index contributed by atoms with van der Waals surface area (Å²) in [6.07, 6.45) is -4.05. The summed E-state index contributed by atoms with van der Waals surface area (Å²) in [5, 5.41) is 8.96. The Morgan fingerprint density at radius 1 is 1.32 bits per heavy atom. The molecule has 0 saturated carbocycles. The van der Waals surface area contributed by atoms with Gasteiger partial charge in [0.2, 0.25) is 0 Å². The van der Waals surface area contributed by atoms with Crippen molar-refractivity contribution in [2.24, 2.45) is 0 Å². The molecule has 0 radical (unpaired) electrons. The van der Waals surface area contributed by atoms with Crippen LogP contribution >= 0.6 is 22.6 Å². The molecule has 1 aromatic carbocycles. The van der Waals surface area contributed by atoms with Crippen LogP contribution in [0.2, 0.25) is 0 Å². The number of pyridine rings is 1. The van der Waals surface area contributed by atoms with E-state index in [1.165, 1.54) is 22.6 Å². The van der Waals surface area contributed by atoms with Crippen molar-refractivity contribution >= 4 is 34.2 Å². The number of carboxylic acid groups (broad SMARTS) is 1. The second-order valence-corrected chi connectivity index (χ2v) is 5.32. The van der Waals surface area contributed by atoms with Crippen molar-refractivity contribution in [1.29, 1.82) is 0 Å². The van der Waals surface area contributed by atoms with E-state index in [9.17, 15) is 22.4 Å². The lowest BCUT2D eigenvalue weighted by molar-refractivity contribution is -0.137. The number of carbonyl (C=O) groups is 1. The van der Waals surface area contributed by atoms with E-state index in [1.807, 2.05) is 0 Å². The Kier molecular flexibility index (Phi) is 4.27. The molecule has 1 aromatic heterocycles. The predicted octanol–water partition coefficient (Wildman–Crippen LogP) is 3.79. The van der Waals surface area contributed by atoms with Gasteiger partial charge in [0.15, 0.2) is 0 Å². The molecule has 0 amide bonds. The first kappa shape index (κ1) is 16.5. The molecule has 0 aliphatic carbocycles. The molecule has 0 aliphatic heterocycles. The third-order valence-corrected chi connectivity index (χ3v) is 3.94. The van der Waals surface area contributed by atoms with Crippen molar-refractivity contribution in [2.75, 3.05) is 5.73 Å². The third kappa shape index (κ3) is 2.98. The quantitative estimate of drug-likeness (QED) is 0.436. The fraction of sp³-hybridized carbons (Fsp3) is 0.0769. The highest BCUT2D eigenvalue weighted by Crippen LogP contribution is 2.42. The Morgan fingerprint density at radius 3 is 2.41 bits per heavy atom. The smallest absolute Gasteiger partial charge is 0.417 e. The van der Waals surface area contributed by atoms with E-state index >= 15 is 0 Å². The number of nitrogens with zero attached hydrogens (tertiary/aromatic N) is 1. The zero-order chi connectivity index (χ0) is 16.7. The van der Waals surface area contributed by atoms with Gasteiger partial charge in [0.25, 0.3) is 0 Å². The molecule has 1 heterocycles. The van der Waals surface area contributed by atoms with E-state index in [0.717, 1.165) is 18.3 Å². The molecule has 0 bridgehead atoms. The molecule has 0 unspecified atom stereocenters. The number of alkyl halides is 3. The Morgan fingerprint density at radius 2 is 1.95 bits per heavy atom. The molecule has 0 saturated heterocycles. The van der Waals surface area contributed by atoms with Crippen molar-refractivity contribution < 1.29 is 27.5 Å². The zero-order valence-electron chi connectivity index (χ0n) is 10.6. The van der Waals surface area contributed by atoms with Crippen molar-refractivity contribution in [3.05, 3.63) is 44.9 Å². The Hall–Kier alpha value is -1.91. The van der Waals surface area contributed by atoms with Crippen LogP contribution in [0.3, 0.4) is 0 Å². The van der Waals surface area contributed by atoms with E-state index in [-0.39, 0.29) is 20.5 Å². The number of anilines is 1. The van der Waals surface area contributed by atoms with E-state index in [4.69, 9.17) is 10.8 Å². The van der Waals surface area contributed by atoms with E-state index in [1.54, 1.807) is 0 Å². The van der Waals surface area contributed by atoms with Crippen LogP contribution in [-0.4, -0.2) is 16.1 Å². The maximum Gasteiger partial charge on any atom is 0.417 e. The topological polar surface area (TPSA) is 76.2 Å². The molecule has 22 heavy (non-hydrogen) atoms. The number of nitrogens with two attached hydrogens (primary N) is 1. The summed E-state index contributed by atoms with van der Waals surface area (Å²) < 4.78 is 52.5. The van der Waals surface area contributed by atoms with Crippen LogP contribution in [0, 0.1) is 9.39 Å². The van der Waals surface area contributed by atoms with Gasteiger partial charge in [0.1, 0.15) is 5.82 Å². The van der Waals surface area contributed by atoms with Gasteiger partial charge in [0, 0.05) is 9.13 Å². The summed E-state index contributed by atoms with van der Waals surface area (Å²) in [5.74, 6) is -2.28. The van der Waals surface area contributed by atoms with Crippen LogP contribution < -0.4 is 5.73 Å². The first-order valence-electron chi connectivity index (χ1n) is 5.67. The number of hydrogen-bond donors (Lipinski definition) is 2. The highest BCUT2D eigenvalue weighted by molar-refractivity contribution is 14.1. The van der Waals surface area contributed by atoms with E-state index in [2.05, 4.69) is 4.98 Å². The molecule has 9 heteroatoms. The molecule has 2 aromatic rings. The molecule has 0 spiro atoms. The number of rotatable bonds is 2. The van der Waals surface area contributed by atoms with E-state index in [0.29, 0.717) is 6.07 Å². The number of aromatic nitrogens is 1. The lowest BCUT2D eigenvalue weighted by Gasteiger charge is -2.17. The maximum absolute atomic E-state index is 13.2. The van der Waals surface area contributed by atoms with Crippen LogP contribution in [-0.2, 0) is 6.18 Å². The highest BCUT2D eigenvalue weighted by atomic mass is 127. The van der Waals surface area contributed by atoms with Crippen LogP contribution in [0.1, 0.15) is 15.9 Å². The molecular formula is C13H7F4IN2O2. The second-order valence-electron chi connectivity index (χ2n) is 4.24. The molecule has 0 fully saturated rings. The minimum Gasteiger partial charge on any atom is -0.478 e. The predicted molar refractivity (Wildman–Crippen MR) is 78.7 cm³/mol. The molecule has 4 nitrogen and oxygen atoms in total. The van der Waals surface area contributed by atoms with Crippen molar-refractivity contribution in [1.82, 2.24) is 4.98 Å². The minimum atomic E-state index is -4.82. The summed E-state index contributed by atoms with van der Waals surface area (Å²) in [5.41, 5.74) is 2.93. The first-order valence-corrected chi connectivity index (χ1v) is 6.75. The van der Waals surface area contributed by atoms with Crippen LogP contribution in [0.25, 0.3) is 11.3 Å². The molecule has 0 aliphatic rings. The molecular weight excluding hydrogens is 419 g/mol. The van der Waals surface area contributed by atoms with Crippen molar-refractivity contribution in [3.63, 3.8) is 0 Å². The SMILES string of the molecule is Nc1c(C(=O)O)cc(C(F)(F)F)c(-c2ccc(F)cn2)c1I. The number of hydrogen-bond acceptors (Lipinski definition) is 3. The third-order valence-electron chi connectivity index (χ3n) is 2.82. The average molecular weight is 426 g/mol. The number of nitrogen functional groups attached to an aromatic ring is 1.